The van der Waals surface area contributed by atoms with E-state index in [2.05, 4.69) is 5.10 Å². The number of rotatable bonds is 4. The van der Waals surface area contributed by atoms with Gasteiger partial charge in [-0.2, -0.15) is 9.40 Å². The lowest BCUT2D eigenvalue weighted by atomic mass is 10.00. The Balaban J connectivity index is 1.55. The van der Waals surface area contributed by atoms with Crippen molar-refractivity contribution in [2.45, 2.75) is 24.4 Å². The largest absolute Gasteiger partial charge is 0.379 e. The fourth-order valence-electron chi connectivity index (χ4n) is 3.59. The molecule has 0 atom stereocenters. The van der Waals surface area contributed by atoms with E-state index in [0.29, 0.717) is 50.7 Å². The van der Waals surface area contributed by atoms with Gasteiger partial charge in [0.2, 0.25) is 15.9 Å². The highest BCUT2D eigenvalue weighted by atomic mass is 32.2. The van der Waals surface area contributed by atoms with Crippen molar-refractivity contribution in [3.63, 3.8) is 0 Å². The number of amides is 1. The van der Waals surface area contributed by atoms with Crippen LogP contribution >= 0.6 is 0 Å². The lowest BCUT2D eigenvalue weighted by Gasteiger charge is -2.32. The van der Waals surface area contributed by atoms with Crippen LogP contribution < -0.4 is 0 Å². The standard InChI is InChI=1S/C18H22N4O4S/c23-18(14-21-7-2-6-19-21)20-8-5-16-15(13-20)3-1-4-17(16)27(24,25)22-9-11-26-12-10-22/h1-4,6-7H,5,8-14H2. The van der Waals surface area contributed by atoms with Crippen LogP contribution in [-0.4, -0.2) is 66.2 Å². The van der Waals surface area contributed by atoms with Crippen LogP contribution in [0.15, 0.2) is 41.6 Å². The van der Waals surface area contributed by atoms with E-state index in [1.54, 1.807) is 40.2 Å². The summed E-state index contributed by atoms with van der Waals surface area (Å²) in [6, 6.07) is 7.11. The number of hydrogen-bond acceptors (Lipinski definition) is 5. The molecule has 0 N–H and O–H groups in total. The van der Waals surface area contributed by atoms with Gasteiger partial charge in [-0.25, -0.2) is 8.42 Å². The molecule has 0 saturated carbocycles. The zero-order valence-electron chi connectivity index (χ0n) is 15.0. The molecule has 27 heavy (non-hydrogen) atoms. The van der Waals surface area contributed by atoms with Crippen molar-refractivity contribution < 1.29 is 17.9 Å². The van der Waals surface area contributed by atoms with Gasteiger partial charge in [0.1, 0.15) is 6.54 Å². The molecule has 1 aromatic carbocycles. The van der Waals surface area contributed by atoms with E-state index in [9.17, 15) is 13.2 Å². The van der Waals surface area contributed by atoms with Crippen molar-refractivity contribution >= 4 is 15.9 Å². The van der Waals surface area contributed by atoms with Gasteiger partial charge in [0.25, 0.3) is 0 Å². The smallest absolute Gasteiger partial charge is 0.244 e. The number of fused-ring (bicyclic) bond motifs is 1. The van der Waals surface area contributed by atoms with Crippen molar-refractivity contribution in [3.8, 4) is 0 Å². The van der Waals surface area contributed by atoms with Crippen LogP contribution in [0.5, 0.6) is 0 Å². The molecule has 0 bridgehead atoms. The number of nitrogens with zero attached hydrogens (tertiary/aromatic N) is 4. The molecule has 0 radical (unpaired) electrons. The summed E-state index contributed by atoms with van der Waals surface area (Å²) in [5, 5.41) is 4.07. The summed E-state index contributed by atoms with van der Waals surface area (Å²) < 4.78 is 34.5. The molecule has 2 aliphatic heterocycles. The van der Waals surface area contributed by atoms with Crippen LogP contribution in [0.25, 0.3) is 0 Å². The van der Waals surface area contributed by atoms with Crippen LogP contribution in [0, 0.1) is 0 Å². The molecule has 1 amide bonds. The lowest BCUT2D eigenvalue weighted by molar-refractivity contribution is -0.133. The number of ether oxygens (including phenoxy) is 1. The second-order valence-electron chi connectivity index (χ2n) is 6.68. The number of carbonyl (C=O) groups excluding carboxylic acids is 1. The maximum absolute atomic E-state index is 13.1. The van der Waals surface area contributed by atoms with Gasteiger partial charge >= 0.3 is 0 Å². The summed E-state index contributed by atoms with van der Waals surface area (Å²) in [5.74, 6) is -0.0224. The number of aromatic nitrogens is 2. The minimum Gasteiger partial charge on any atom is -0.379 e. The molecule has 1 aromatic heterocycles. The van der Waals surface area contributed by atoms with Gasteiger partial charge in [0.15, 0.2) is 0 Å². The molecule has 1 fully saturated rings. The van der Waals surface area contributed by atoms with Crippen LogP contribution in [0.2, 0.25) is 0 Å². The topological polar surface area (TPSA) is 84.7 Å². The average molecular weight is 390 g/mol. The average Bonchev–Trinajstić information content (AvgIpc) is 3.20. The Labute approximate surface area is 158 Å². The Morgan fingerprint density at radius 3 is 2.70 bits per heavy atom. The summed E-state index contributed by atoms with van der Waals surface area (Å²) in [7, 11) is -3.55. The minimum absolute atomic E-state index is 0.0224. The maximum Gasteiger partial charge on any atom is 0.244 e. The first-order valence-electron chi connectivity index (χ1n) is 8.99. The quantitative estimate of drug-likeness (QED) is 0.759. The van der Waals surface area contributed by atoms with Gasteiger partial charge in [-0.15, -0.1) is 0 Å². The third-order valence-corrected chi connectivity index (χ3v) is 7.00. The molecule has 2 aliphatic rings. The number of carbonyl (C=O) groups is 1. The van der Waals surface area contributed by atoms with Gasteiger partial charge in [0, 0.05) is 38.6 Å². The van der Waals surface area contributed by atoms with Gasteiger partial charge in [-0.3, -0.25) is 9.48 Å². The number of benzene rings is 1. The molecule has 4 rings (SSSR count). The molecule has 0 unspecified atom stereocenters. The van der Waals surface area contributed by atoms with Crippen molar-refractivity contribution in [2.75, 3.05) is 32.8 Å². The summed E-state index contributed by atoms with van der Waals surface area (Å²) in [6.07, 6.45) is 3.92. The highest BCUT2D eigenvalue weighted by molar-refractivity contribution is 7.89. The molecular weight excluding hydrogens is 368 g/mol. The lowest BCUT2D eigenvalue weighted by Crippen LogP contribution is -2.42. The fraction of sp³-hybridized carbons (Fsp3) is 0.444. The number of hydrogen-bond donors (Lipinski definition) is 0. The van der Waals surface area contributed by atoms with Crippen LogP contribution in [-0.2, 0) is 39.1 Å². The van der Waals surface area contributed by atoms with E-state index in [-0.39, 0.29) is 12.5 Å². The minimum atomic E-state index is -3.55. The first-order valence-corrected chi connectivity index (χ1v) is 10.4. The van der Waals surface area contributed by atoms with E-state index in [0.717, 1.165) is 11.1 Å². The third kappa shape index (κ3) is 3.62. The Kier molecular flexibility index (Phi) is 4.98. The third-order valence-electron chi connectivity index (χ3n) is 5.02. The Morgan fingerprint density at radius 2 is 1.96 bits per heavy atom. The predicted molar refractivity (Wildman–Crippen MR) is 97.4 cm³/mol. The molecule has 1 saturated heterocycles. The van der Waals surface area contributed by atoms with Gasteiger partial charge in [-0.1, -0.05) is 12.1 Å². The van der Waals surface area contributed by atoms with E-state index in [1.807, 2.05) is 6.07 Å². The van der Waals surface area contributed by atoms with Crippen molar-refractivity contribution in [1.82, 2.24) is 19.0 Å². The molecule has 0 spiro atoms. The highest BCUT2D eigenvalue weighted by Gasteiger charge is 2.31. The van der Waals surface area contributed by atoms with E-state index >= 15 is 0 Å². The highest BCUT2D eigenvalue weighted by Crippen LogP contribution is 2.28. The molecule has 8 nitrogen and oxygen atoms in total. The van der Waals surface area contributed by atoms with Crippen LogP contribution in [0.1, 0.15) is 11.1 Å². The zero-order chi connectivity index (χ0) is 18.9. The summed E-state index contributed by atoms with van der Waals surface area (Å²) in [4.78, 5) is 14.7. The van der Waals surface area contributed by atoms with Gasteiger partial charge < -0.3 is 9.64 Å². The van der Waals surface area contributed by atoms with E-state index < -0.39 is 10.0 Å². The van der Waals surface area contributed by atoms with Gasteiger partial charge in [0.05, 0.1) is 18.1 Å². The van der Waals surface area contributed by atoms with Crippen LogP contribution in [0.3, 0.4) is 0 Å². The SMILES string of the molecule is O=C(Cn1cccn1)N1CCc2c(cccc2S(=O)(=O)N2CCOCC2)C1. The second-order valence-corrected chi connectivity index (χ2v) is 8.59. The number of morpholine rings is 1. The molecule has 144 valence electrons. The first kappa shape index (κ1) is 18.1. The Bertz CT molecular complexity index is 921. The molecule has 3 heterocycles. The number of sulfonamides is 1. The van der Waals surface area contributed by atoms with E-state index in [1.165, 1.54) is 4.31 Å². The second kappa shape index (κ2) is 7.41. The summed E-state index contributed by atoms with van der Waals surface area (Å²) in [6.45, 7) is 2.70. The molecule has 9 heteroatoms. The summed E-state index contributed by atoms with van der Waals surface area (Å²) in [5.41, 5.74) is 1.72. The van der Waals surface area contributed by atoms with Crippen molar-refractivity contribution in [1.29, 1.82) is 0 Å². The molecule has 2 aromatic rings. The molecule has 0 aliphatic carbocycles. The Hall–Kier alpha value is -2.23. The molecular formula is C18H22N4O4S. The van der Waals surface area contributed by atoms with Crippen molar-refractivity contribution in [3.05, 3.63) is 47.8 Å². The van der Waals surface area contributed by atoms with Crippen LogP contribution in [0.4, 0.5) is 0 Å². The van der Waals surface area contributed by atoms with Gasteiger partial charge in [-0.05, 0) is 29.7 Å². The predicted octanol–water partition coefficient (Wildman–Crippen LogP) is 0.489. The zero-order valence-corrected chi connectivity index (χ0v) is 15.8. The Morgan fingerprint density at radius 1 is 1.15 bits per heavy atom. The monoisotopic (exact) mass is 390 g/mol. The van der Waals surface area contributed by atoms with E-state index in [4.69, 9.17) is 4.74 Å². The van der Waals surface area contributed by atoms with Crippen molar-refractivity contribution in [2.24, 2.45) is 0 Å². The summed E-state index contributed by atoms with van der Waals surface area (Å²) >= 11 is 0. The normalized spacial score (nSPS) is 18.3. The first-order chi connectivity index (χ1) is 13.1. The fourth-order valence-corrected chi connectivity index (χ4v) is 5.29. The maximum atomic E-state index is 13.1.